The van der Waals surface area contributed by atoms with Gasteiger partial charge in [0.15, 0.2) is 11.7 Å². The molecular formula is C21H27N3O3. The Balaban J connectivity index is 1.44. The van der Waals surface area contributed by atoms with Gasteiger partial charge in [-0.15, -0.1) is 0 Å². The van der Waals surface area contributed by atoms with E-state index >= 15 is 0 Å². The molecule has 1 unspecified atom stereocenters. The number of hydrogen-bond donors (Lipinski definition) is 1. The Morgan fingerprint density at radius 2 is 2.11 bits per heavy atom. The average molecular weight is 369 g/mol. The summed E-state index contributed by atoms with van der Waals surface area (Å²) in [6.45, 7) is 3.23. The molecule has 3 rings (SSSR count). The average Bonchev–Trinajstić information content (AvgIpc) is 3.17. The lowest BCUT2D eigenvalue weighted by Gasteiger charge is -2.33. The van der Waals surface area contributed by atoms with Crippen LogP contribution in [0.25, 0.3) is 11.3 Å². The van der Waals surface area contributed by atoms with Crippen molar-refractivity contribution in [2.24, 2.45) is 0 Å². The van der Waals surface area contributed by atoms with Crippen LogP contribution in [0.15, 0.2) is 40.9 Å². The van der Waals surface area contributed by atoms with Crippen LogP contribution in [0.1, 0.15) is 44.9 Å². The van der Waals surface area contributed by atoms with Crippen LogP contribution in [-0.2, 0) is 16.0 Å². The van der Waals surface area contributed by atoms with Crippen molar-refractivity contribution in [3.05, 3.63) is 42.4 Å². The molecule has 0 spiro atoms. The van der Waals surface area contributed by atoms with Crippen LogP contribution in [-0.4, -0.2) is 40.8 Å². The highest BCUT2D eigenvalue weighted by atomic mass is 16.4. The Morgan fingerprint density at radius 3 is 2.89 bits per heavy atom. The number of aromatic nitrogens is 1. The fourth-order valence-electron chi connectivity index (χ4n) is 3.36. The molecule has 1 atom stereocenters. The maximum absolute atomic E-state index is 12.5. The molecule has 0 saturated carbocycles. The summed E-state index contributed by atoms with van der Waals surface area (Å²) >= 11 is 0. The van der Waals surface area contributed by atoms with Gasteiger partial charge in [-0.3, -0.25) is 9.59 Å². The van der Waals surface area contributed by atoms with Gasteiger partial charge in [-0.25, -0.2) is 4.98 Å². The molecule has 2 amide bonds. The highest BCUT2D eigenvalue weighted by Crippen LogP contribution is 2.20. The first kappa shape index (κ1) is 19.1. The Morgan fingerprint density at radius 1 is 1.30 bits per heavy atom. The molecule has 2 aromatic rings. The zero-order valence-corrected chi connectivity index (χ0v) is 15.8. The summed E-state index contributed by atoms with van der Waals surface area (Å²) in [5.74, 6) is 1.60. The number of nitrogens with zero attached hydrogens (tertiary/aromatic N) is 2. The summed E-state index contributed by atoms with van der Waals surface area (Å²) in [5, 5.41) is 3.00. The third kappa shape index (κ3) is 5.42. The number of amides is 2. The van der Waals surface area contributed by atoms with Crippen molar-refractivity contribution >= 4 is 11.8 Å². The predicted molar refractivity (Wildman–Crippen MR) is 103 cm³/mol. The van der Waals surface area contributed by atoms with Gasteiger partial charge in [0.25, 0.3) is 0 Å². The van der Waals surface area contributed by atoms with Crippen LogP contribution in [0, 0.1) is 0 Å². The normalized spacial score (nSPS) is 16.9. The second-order valence-corrected chi connectivity index (χ2v) is 6.94. The molecule has 0 aliphatic carbocycles. The largest absolute Gasteiger partial charge is 0.441 e. The third-order valence-electron chi connectivity index (χ3n) is 4.85. The molecular weight excluding hydrogens is 342 g/mol. The molecule has 6 nitrogen and oxygen atoms in total. The van der Waals surface area contributed by atoms with E-state index in [4.69, 9.17) is 4.42 Å². The van der Waals surface area contributed by atoms with E-state index in [1.54, 1.807) is 6.20 Å². The van der Waals surface area contributed by atoms with Crippen LogP contribution in [0.5, 0.6) is 0 Å². The lowest BCUT2D eigenvalue weighted by Crippen LogP contribution is -2.49. The van der Waals surface area contributed by atoms with E-state index in [2.05, 4.69) is 10.3 Å². The number of nitrogens with one attached hydrogen (secondary N) is 1. The van der Waals surface area contributed by atoms with Crippen molar-refractivity contribution in [2.45, 2.75) is 51.5 Å². The van der Waals surface area contributed by atoms with E-state index in [-0.39, 0.29) is 17.9 Å². The lowest BCUT2D eigenvalue weighted by atomic mass is 10.0. The fourth-order valence-corrected chi connectivity index (χ4v) is 3.36. The molecule has 1 aliphatic rings. The van der Waals surface area contributed by atoms with Crippen molar-refractivity contribution in [1.82, 2.24) is 15.2 Å². The summed E-state index contributed by atoms with van der Waals surface area (Å²) in [5.41, 5.74) is 1.00. The molecule has 2 heterocycles. The predicted octanol–water partition coefficient (Wildman–Crippen LogP) is 3.18. The van der Waals surface area contributed by atoms with E-state index in [9.17, 15) is 9.59 Å². The van der Waals surface area contributed by atoms with E-state index in [1.165, 1.54) is 0 Å². The van der Waals surface area contributed by atoms with E-state index in [0.29, 0.717) is 38.1 Å². The first-order valence-corrected chi connectivity index (χ1v) is 9.73. The van der Waals surface area contributed by atoms with Crippen molar-refractivity contribution in [2.75, 3.05) is 13.1 Å². The van der Waals surface area contributed by atoms with E-state index in [0.717, 1.165) is 30.7 Å². The summed E-state index contributed by atoms with van der Waals surface area (Å²) in [6, 6.07) is 9.94. The summed E-state index contributed by atoms with van der Waals surface area (Å²) in [7, 11) is 0. The Bertz CT molecular complexity index is 757. The van der Waals surface area contributed by atoms with Gasteiger partial charge in [-0.2, -0.15) is 0 Å². The minimum Gasteiger partial charge on any atom is -0.441 e. The third-order valence-corrected chi connectivity index (χ3v) is 4.85. The van der Waals surface area contributed by atoms with Crippen molar-refractivity contribution < 1.29 is 14.0 Å². The lowest BCUT2D eigenvalue weighted by molar-refractivity contribution is -0.133. The molecule has 1 fully saturated rings. The molecule has 1 aromatic heterocycles. The number of carbonyl (C=O) groups excluding carboxylic acids is 2. The molecule has 1 N–H and O–H groups in total. The van der Waals surface area contributed by atoms with Crippen LogP contribution in [0.3, 0.4) is 0 Å². The van der Waals surface area contributed by atoms with Gasteiger partial charge >= 0.3 is 0 Å². The van der Waals surface area contributed by atoms with Crippen LogP contribution >= 0.6 is 0 Å². The molecule has 0 radical (unpaired) electrons. The number of aryl methyl sites for hydroxylation is 1. The van der Waals surface area contributed by atoms with Crippen molar-refractivity contribution in [1.29, 1.82) is 0 Å². The minimum atomic E-state index is 0.0485. The topological polar surface area (TPSA) is 75.4 Å². The maximum atomic E-state index is 12.5. The zero-order chi connectivity index (χ0) is 19.1. The number of hydrogen-bond acceptors (Lipinski definition) is 4. The summed E-state index contributed by atoms with van der Waals surface area (Å²) < 4.78 is 5.79. The molecule has 1 aliphatic heterocycles. The standard InChI is InChI=1S/C21H27N3O3/c1-2-19(25)23-17-10-7-13-24(15-17)21(26)12-6-11-20-22-14-18(27-20)16-8-4-3-5-9-16/h3-5,8-9,14,17H,2,6-7,10-13,15H2,1H3,(H,23,25). The Hall–Kier alpha value is -2.63. The Labute approximate surface area is 160 Å². The highest BCUT2D eigenvalue weighted by molar-refractivity contribution is 5.77. The van der Waals surface area contributed by atoms with Crippen molar-refractivity contribution in [3.8, 4) is 11.3 Å². The number of benzene rings is 1. The molecule has 27 heavy (non-hydrogen) atoms. The second-order valence-electron chi connectivity index (χ2n) is 6.94. The van der Waals surface area contributed by atoms with Gasteiger partial charge in [0.2, 0.25) is 11.8 Å². The van der Waals surface area contributed by atoms with Gasteiger partial charge in [-0.1, -0.05) is 37.3 Å². The molecule has 144 valence electrons. The number of likely N-dealkylation sites (tertiary alicyclic amines) is 1. The quantitative estimate of drug-likeness (QED) is 0.813. The van der Waals surface area contributed by atoms with Gasteiger partial charge in [0, 0.05) is 44.0 Å². The fraction of sp³-hybridized carbons (Fsp3) is 0.476. The van der Waals surface area contributed by atoms with E-state index in [1.807, 2.05) is 42.2 Å². The van der Waals surface area contributed by atoms with Crippen LogP contribution in [0.4, 0.5) is 0 Å². The number of carbonyl (C=O) groups is 2. The number of oxazole rings is 1. The van der Waals surface area contributed by atoms with E-state index < -0.39 is 0 Å². The van der Waals surface area contributed by atoms with Gasteiger partial charge in [-0.05, 0) is 19.3 Å². The first-order chi connectivity index (χ1) is 13.2. The monoisotopic (exact) mass is 369 g/mol. The number of piperidine rings is 1. The smallest absolute Gasteiger partial charge is 0.222 e. The van der Waals surface area contributed by atoms with Gasteiger partial charge in [0.1, 0.15) is 0 Å². The van der Waals surface area contributed by atoms with Gasteiger partial charge in [0.05, 0.1) is 6.20 Å². The number of rotatable bonds is 7. The summed E-state index contributed by atoms with van der Waals surface area (Å²) in [6.07, 6.45) is 5.90. The zero-order valence-electron chi connectivity index (χ0n) is 15.8. The molecule has 0 bridgehead atoms. The van der Waals surface area contributed by atoms with Crippen LogP contribution < -0.4 is 5.32 Å². The van der Waals surface area contributed by atoms with Gasteiger partial charge < -0.3 is 14.6 Å². The first-order valence-electron chi connectivity index (χ1n) is 9.73. The molecule has 6 heteroatoms. The Kier molecular flexibility index (Phi) is 6.63. The van der Waals surface area contributed by atoms with Crippen LogP contribution in [0.2, 0.25) is 0 Å². The summed E-state index contributed by atoms with van der Waals surface area (Å²) in [4.78, 5) is 30.2. The molecule has 1 aromatic carbocycles. The molecule has 1 saturated heterocycles. The minimum absolute atomic E-state index is 0.0485. The SMILES string of the molecule is CCC(=O)NC1CCCN(C(=O)CCCc2ncc(-c3ccccc3)o2)C1. The highest BCUT2D eigenvalue weighted by Gasteiger charge is 2.24. The van der Waals surface area contributed by atoms with Crippen molar-refractivity contribution in [3.63, 3.8) is 0 Å². The maximum Gasteiger partial charge on any atom is 0.222 e. The second kappa shape index (κ2) is 9.35.